The van der Waals surface area contributed by atoms with E-state index in [1.54, 1.807) is 6.08 Å². The number of carbonyl (C=O) groups is 1. The fourth-order valence-corrected chi connectivity index (χ4v) is 3.37. The van der Waals surface area contributed by atoms with E-state index in [2.05, 4.69) is 40.0 Å². The van der Waals surface area contributed by atoms with Gasteiger partial charge in [-0.3, -0.25) is 4.79 Å². The molecular weight excluding hydrogens is 248 g/mol. The topological polar surface area (TPSA) is 26.3 Å². The molecule has 0 amide bonds. The molecule has 0 aromatic carbocycles. The van der Waals surface area contributed by atoms with Crippen LogP contribution in [0.4, 0.5) is 0 Å². The van der Waals surface area contributed by atoms with Crippen LogP contribution in [-0.2, 0) is 9.53 Å². The van der Waals surface area contributed by atoms with Crippen LogP contribution in [0.1, 0.15) is 47.0 Å². The highest BCUT2D eigenvalue weighted by Crippen LogP contribution is 2.48. The third-order valence-electron chi connectivity index (χ3n) is 4.72. The summed E-state index contributed by atoms with van der Waals surface area (Å²) in [5, 5.41) is 0. The highest BCUT2D eigenvalue weighted by Gasteiger charge is 2.40. The largest absolute Gasteiger partial charge is 0.458 e. The minimum atomic E-state index is -0.243. The van der Waals surface area contributed by atoms with Gasteiger partial charge in [-0.25, -0.2) is 0 Å². The normalized spacial score (nSPS) is 26.3. The second-order valence-corrected chi connectivity index (χ2v) is 6.40. The predicted molar refractivity (Wildman–Crippen MR) is 84.3 cm³/mol. The van der Waals surface area contributed by atoms with E-state index in [0.29, 0.717) is 11.8 Å². The Balaban J connectivity index is 2.91. The summed E-state index contributed by atoms with van der Waals surface area (Å²) in [4.78, 5) is 11.2. The summed E-state index contributed by atoms with van der Waals surface area (Å²) in [5.41, 5.74) is 1.57. The smallest absolute Gasteiger partial charge is 0.303 e. The molecule has 1 rings (SSSR count). The van der Waals surface area contributed by atoms with Crippen molar-refractivity contribution in [2.75, 3.05) is 0 Å². The summed E-state index contributed by atoms with van der Waals surface area (Å²) < 4.78 is 5.33. The molecule has 0 unspecified atom stereocenters. The molecule has 0 saturated heterocycles. The molecule has 0 aliphatic heterocycles. The van der Waals surface area contributed by atoms with Crippen LogP contribution in [0.15, 0.2) is 37.0 Å². The SMILES string of the molecule is C=CC[C@@H]1CC=C(C)[C@H](C[C@@H](C=C)OC(C)=O)C1(C)C. The molecule has 112 valence electrons. The Morgan fingerprint density at radius 1 is 1.55 bits per heavy atom. The molecule has 2 heteroatoms. The van der Waals surface area contributed by atoms with E-state index in [9.17, 15) is 4.79 Å². The predicted octanol–water partition coefficient (Wildman–Crippen LogP) is 4.68. The van der Waals surface area contributed by atoms with Crippen molar-refractivity contribution in [2.24, 2.45) is 17.3 Å². The third-order valence-corrected chi connectivity index (χ3v) is 4.72. The first-order valence-corrected chi connectivity index (χ1v) is 7.40. The van der Waals surface area contributed by atoms with Crippen molar-refractivity contribution in [3.63, 3.8) is 0 Å². The van der Waals surface area contributed by atoms with Crippen molar-refractivity contribution in [3.05, 3.63) is 37.0 Å². The minimum Gasteiger partial charge on any atom is -0.458 e. The molecule has 0 N–H and O–H groups in total. The first kappa shape index (κ1) is 16.7. The van der Waals surface area contributed by atoms with Gasteiger partial charge in [-0.15, -0.1) is 6.58 Å². The van der Waals surface area contributed by atoms with Gasteiger partial charge in [0.1, 0.15) is 6.10 Å². The van der Waals surface area contributed by atoms with Crippen LogP contribution >= 0.6 is 0 Å². The molecule has 20 heavy (non-hydrogen) atoms. The van der Waals surface area contributed by atoms with Crippen LogP contribution in [0.25, 0.3) is 0 Å². The maximum atomic E-state index is 11.2. The Labute approximate surface area is 123 Å². The highest BCUT2D eigenvalue weighted by molar-refractivity contribution is 5.66. The van der Waals surface area contributed by atoms with Crippen LogP contribution in [0, 0.1) is 17.3 Å². The lowest BCUT2D eigenvalue weighted by molar-refractivity contribution is -0.145. The van der Waals surface area contributed by atoms with Gasteiger partial charge in [0.05, 0.1) is 0 Å². The Morgan fingerprint density at radius 3 is 2.70 bits per heavy atom. The average Bonchev–Trinajstić information content (AvgIpc) is 2.36. The lowest BCUT2D eigenvalue weighted by Gasteiger charge is -2.45. The maximum Gasteiger partial charge on any atom is 0.303 e. The van der Waals surface area contributed by atoms with E-state index in [4.69, 9.17) is 4.74 Å². The molecule has 3 atom stereocenters. The van der Waals surface area contributed by atoms with E-state index >= 15 is 0 Å². The minimum absolute atomic E-state index is 0.175. The average molecular weight is 276 g/mol. The van der Waals surface area contributed by atoms with Gasteiger partial charge in [0.2, 0.25) is 0 Å². The second kappa shape index (κ2) is 6.92. The maximum absolute atomic E-state index is 11.2. The fourth-order valence-electron chi connectivity index (χ4n) is 3.37. The Hall–Kier alpha value is -1.31. The molecule has 0 heterocycles. The van der Waals surface area contributed by atoms with E-state index in [-0.39, 0.29) is 17.5 Å². The number of esters is 1. The van der Waals surface area contributed by atoms with Crippen molar-refractivity contribution >= 4 is 5.97 Å². The Bertz CT molecular complexity index is 404. The molecule has 0 fully saturated rings. The molecule has 0 spiro atoms. The summed E-state index contributed by atoms with van der Waals surface area (Å²) in [6, 6.07) is 0. The van der Waals surface area contributed by atoms with Gasteiger partial charge in [-0.2, -0.15) is 0 Å². The van der Waals surface area contributed by atoms with Gasteiger partial charge in [0.25, 0.3) is 0 Å². The lowest BCUT2D eigenvalue weighted by atomic mass is 9.60. The summed E-state index contributed by atoms with van der Waals surface area (Å²) in [7, 11) is 0. The zero-order chi connectivity index (χ0) is 15.3. The zero-order valence-corrected chi connectivity index (χ0v) is 13.3. The van der Waals surface area contributed by atoms with Crippen LogP contribution in [0.5, 0.6) is 0 Å². The summed E-state index contributed by atoms with van der Waals surface area (Å²) >= 11 is 0. The number of rotatable bonds is 6. The monoisotopic (exact) mass is 276 g/mol. The van der Waals surface area contributed by atoms with Gasteiger partial charge in [-0.1, -0.05) is 44.2 Å². The van der Waals surface area contributed by atoms with Gasteiger partial charge in [0, 0.05) is 6.92 Å². The first-order chi connectivity index (χ1) is 9.32. The molecule has 0 aromatic rings. The van der Waals surface area contributed by atoms with Gasteiger partial charge < -0.3 is 4.74 Å². The third kappa shape index (κ3) is 3.84. The van der Waals surface area contributed by atoms with Gasteiger partial charge >= 0.3 is 5.97 Å². The molecule has 0 saturated carbocycles. The molecular formula is C18H28O2. The number of hydrogen-bond donors (Lipinski definition) is 0. The Kier molecular flexibility index (Phi) is 5.79. The van der Waals surface area contributed by atoms with Crippen molar-refractivity contribution in [2.45, 2.75) is 53.1 Å². The number of carbonyl (C=O) groups excluding carboxylic acids is 1. The van der Waals surface area contributed by atoms with Crippen molar-refractivity contribution < 1.29 is 9.53 Å². The number of ether oxygens (including phenoxy) is 1. The van der Waals surface area contributed by atoms with Gasteiger partial charge in [0.15, 0.2) is 0 Å². The summed E-state index contributed by atoms with van der Waals surface area (Å²) in [6.45, 7) is 15.9. The first-order valence-electron chi connectivity index (χ1n) is 7.40. The molecule has 1 aliphatic carbocycles. The fraction of sp³-hybridized carbons (Fsp3) is 0.611. The van der Waals surface area contributed by atoms with Crippen LogP contribution in [-0.4, -0.2) is 12.1 Å². The molecule has 0 aromatic heterocycles. The number of allylic oxidation sites excluding steroid dienone is 3. The standard InChI is InChI=1S/C18H28O2/c1-7-9-15-11-10-13(3)17(18(15,5)6)12-16(8-2)20-14(4)19/h7-8,10,15-17H,1-2,9,11-12H2,3-6H3/t15-,16-,17+/m1/s1. The van der Waals surface area contributed by atoms with Crippen LogP contribution in [0.2, 0.25) is 0 Å². The lowest BCUT2D eigenvalue weighted by Crippen LogP contribution is -2.38. The summed E-state index contributed by atoms with van der Waals surface area (Å²) in [6.07, 6.45) is 8.82. The molecule has 2 nitrogen and oxygen atoms in total. The van der Waals surface area contributed by atoms with E-state index in [1.165, 1.54) is 12.5 Å². The zero-order valence-electron chi connectivity index (χ0n) is 13.3. The quantitative estimate of drug-likeness (QED) is 0.520. The van der Waals surface area contributed by atoms with Crippen LogP contribution in [0.3, 0.4) is 0 Å². The molecule has 1 aliphatic rings. The second-order valence-electron chi connectivity index (χ2n) is 6.40. The van der Waals surface area contributed by atoms with Crippen molar-refractivity contribution in [3.8, 4) is 0 Å². The highest BCUT2D eigenvalue weighted by atomic mass is 16.5. The summed E-state index contributed by atoms with van der Waals surface area (Å²) in [5.74, 6) is 0.757. The Morgan fingerprint density at radius 2 is 2.20 bits per heavy atom. The van der Waals surface area contributed by atoms with E-state index < -0.39 is 0 Å². The van der Waals surface area contributed by atoms with Crippen molar-refractivity contribution in [1.82, 2.24) is 0 Å². The van der Waals surface area contributed by atoms with Crippen molar-refractivity contribution in [1.29, 1.82) is 0 Å². The number of hydrogen-bond acceptors (Lipinski definition) is 2. The molecule has 0 radical (unpaired) electrons. The van der Waals surface area contributed by atoms with E-state index in [1.807, 2.05) is 6.08 Å². The van der Waals surface area contributed by atoms with Crippen LogP contribution < -0.4 is 0 Å². The van der Waals surface area contributed by atoms with E-state index in [0.717, 1.165) is 19.3 Å². The molecule has 0 bridgehead atoms. The van der Waals surface area contributed by atoms with Gasteiger partial charge in [-0.05, 0) is 43.4 Å².